The largest absolute Gasteiger partial charge is 0.491 e. The number of ether oxygens (including phenoxy) is 3. The molecule has 0 saturated heterocycles. The minimum atomic E-state index is -0.891. The predicted octanol–water partition coefficient (Wildman–Crippen LogP) is 4.00. The normalized spacial score (nSPS) is 22.9. The zero-order chi connectivity index (χ0) is 26.4. The Hall–Kier alpha value is -3.17. The van der Waals surface area contributed by atoms with Crippen molar-refractivity contribution in [1.29, 1.82) is 0 Å². The third-order valence-corrected chi connectivity index (χ3v) is 6.78. The Labute approximate surface area is 222 Å². The third-order valence-electron chi connectivity index (χ3n) is 6.53. The fourth-order valence-electron chi connectivity index (χ4n) is 4.83. The molecule has 0 aromatic heterocycles. The molecule has 4 atom stereocenters. The van der Waals surface area contributed by atoms with Crippen molar-refractivity contribution in [3.8, 4) is 5.75 Å². The van der Waals surface area contributed by atoms with Crippen molar-refractivity contribution in [3.63, 3.8) is 0 Å². The van der Waals surface area contributed by atoms with Gasteiger partial charge >= 0.3 is 12.2 Å². The van der Waals surface area contributed by atoms with Crippen molar-refractivity contribution < 1.29 is 28.9 Å². The van der Waals surface area contributed by atoms with Crippen LogP contribution in [0.25, 0.3) is 0 Å². The van der Waals surface area contributed by atoms with Crippen LogP contribution in [0, 0.1) is 5.92 Å². The summed E-state index contributed by atoms with van der Waals surface area (Å²) in [5.74, 6) is 0.728. The monoisotopic (exact) mass is 531 g/mol. The smallest absolute Gasteiger partial charge is 0.410 e. The summed E-state index contributed by atoms with van der Waals surface area (Å²) in [7, 11) is 0. The summed E-state index contributed by atoms with van der Waals surface area (Å²) in [6.07, 6.45) is 5.70. The number of halogens is 1. The van der Waals surface area contributed by atoms with E-state index in [9.17, 15) is 14.7 Å². The van der Waals surface area contributed by atoms with E-state index in [2.05, 4.69) is 22.8 Å². The molecule has 1 aliphatic carbocycles. The van der Waals surface area contributed by atoms with Crippen LogP contribution in [0.1, 0.15) is 38.3 Å². The Morgan fingerprint density at radius 3 is 2.76 bits per heavy atom. The maximum absolute atomic E-state index is 12.9. The molecule has 1 aromatic carbocycles. The molecule has 3 N–H and O–H groups in total. The van der Waals surface area contributed by atoms with Crippen molar-refractivity contribution in [1.82, 2.24) is 15.5 Å². The van der Waals surface area contributed by atoms with Gasteiger partial charge in [-0.15, -0.1) is 0 Å². The average molecular weight is 532 g/mol. The molecule has 9 nitrogen and oxygen atoms in total. The summed E-state index contributed by atoms with van der Waals surface area (Å²) in [6.45, 7) is 4.90. The summed E-state index contributed by atoms with van der Waals surface area (Å²) in [5.41, 5.74) is 3.18. The van der Waals surface area contributed by atoms with Crippen LogP contribution in [0.2, 0.25) is 0 Å². The van der Waals surface area contributed by atoms with E-state index in [0.29, 0.717) is 25.5 Å². The van der Waals surface area contributed by atoms with Gasteiger partial charge in [0, 0.05) is 23.2 Å². The molecule has 2 amide bonds. The van der Waals surface area contributed by atoms with Gasteiger partial charge in [0.05, 0.1) is 25.8 Å². The molecule has 1 aromatic rings. The van der Waals surface area contributed by atoms with Gasteiger partial charge in [-0.05, 0) is 49.1 Å². The highest BCUT2D eigenvalue weighted by Crippen LogP contribution is 2.44. The van der Waals surface area contributed by atoms with Crippen molar-refractivity contribution in [2.45, 2.75) is 44.9 Å². The first kappa shape index (κ1) is 26.9. The van der Waals surface area contributed by atoms with Crippen LogP contribution in [0.5, 0.6) is 5.75 Å². The fraction of sp³-hybridized carbons (Fsp3) is 0.481. The van der Waals surface area contributed by atoms with Crippen LogP contribution in [-0.2, 0) is 9.47 Å². The number of alkyl carbamates (subject to hydrolysis) is 1. The van der Waals surface area contributed by atoms with Gasteiger partial charge in [-0.25, -0.2) is 9.59 Å². The first-order chi connectivity index (χ1) is 17.9. The van der Waals surface area contributed by atoms with Crippen LogP contribution in [0.4, 0.5) is 9.59 Å². The Balaban J connectivity index is 1.45. The molecular formula is C27H34ClN3O6. The highest BCUT2D eigenvalue weighted by atomic mass is 35.5. The van der Waals surface area contributed by atoms with Gasteiger partial charge in [-0.3, -0.25) is 4.90 Å². The second-order valence-electron chi connectivity index (χ2n) is 9.14. The summed E-state index contributed by atoms with van der Waals surface area (Å²) in [5, 5.41) is 17.0. The van der Waals surface area contributed by atoms with E-state index < -0.39 is 12.2 Å². The van der Waals surface area contributed by atoms with Crippen molar-refractivity contribution in [3.05, 3.63) is 64.4 Å². The SMILES string of the molecule is CCCOC(=O)NCC(O)COc1ccc(C2C3=C(CCN2C(=O)OCC)C2C=C(Cl)C=CC2N3)cc1. The molecule has 0 spiro atoms. The number of hydrogen-bond acceptors (Lipinski definition) is 7. The van der Waals surface area contributed by atoms with E-state index in [4.69, 9.17) is 25.8 Å². The molecule has 200 valence electrons. The van der Waals surface area contributed by atoms with E-state index in [-0.39, 0.29) is 37.2 Å². The van der Waals surface area contributed by atoms with Gasteiger partial charge in [-0.2, -0.15) is 0 Å². The van der Waals surface area contributed by atoms with E-state index in [0.717, 1.165) is 29.1 Å². The van der Waals surface area contributed by atoms with Crippen molar-refractivity contribution >= 4 is 23.8 Å². The van der Waals surface area contributed by atoms with Gasteiger partial charge in [0.2, 0.25) is 0 Å². The first-order valence-corrected chi connectivity index (χ1v) is 13.1. The molecule has 0 bridgehead atoms. The zero-order valence-corrected chi connectivity index (χ0v) is 21.9. The maximum atomic E-state index is 12.9. The second-order valence-corrected chi connectivity index (χ2v) is 9.58. The maximum Gasteiger partial charge on any atom is 0.410 e. The van der Waals surface area contributed by atoms with Gasteiger partial charge in [0.25, 0.3) is 0 Å². The lowest BCUT2D eigenvalue weighted by molar-refractivity contribution is 0.0921. The number of allylic oxidation sites excluding steroid dienone is 2. The van der Waals surface area contributed by atoms with Gasteiger partial charge < -0.3 is 30.0 Å². The topological polar surface area (TPSA) is 109 Å². The first-order valence-electron chi connectivity index (χ1n) is 12.7. The Morgan fingerprint density at radius 2 is 2.03 bits per heavy atom. The lowest BCUT2D eigenvalue weighted by atomic mass is 9.85. The number of fused-ring (bicyclic) bond motifs is 2. The standard InChI is InChI=1S/C27H34ClN3O6/c1-3-13-36-26(33)29-15-19(32)16-37-20-8-5-17(6-9-20)25-24-21(11-12-31(25)27(34)35-4-2)22-14-18(28)7-10-23(22)30-24/h5-10,14,19,22-23,25,30,32H,3-4,11-13,15-16H2,1-2H3,(H,29,33). The summed E-state index contributed by atoms with van der Waals surface area (Å²) >= 11 is 6.29. The van der Waals surface area contributed by atoms with Crippen LogP contribution in [0.15, 0.2) is 58.8 Å². The number of aliphatic hydroxyl groups excluding tert-OH is 1. The Bertz CT molecular complexity index is 1070. The minimum Gasteiger partial charge on any atom is -0.491 e. The number of carbonyl (C=O) groups excluding carboxylic acids is 2. The number of amides is 2. The summed E-state index contributed by atoms with van der Waals surface area (Å²) in [4.78, 5) is 26.1. The van der Waals surface area contributed by atoms with Gasteiger partial charge in [0.15, 0.2) is 0 Å². The van der Waals surface area contributed by atoms with Crippen LogP contribution >= 0.6 is 11.6 Å². The minimum absolute atomic E-state index is 0.00539. The molecule has 4 rings (SSSR count). The van der Waals surface area contributed by atoms with E-state index in [1.807, 2.05) is 37.3 Å². The molecular weight excluding hydrogens is 498 g/mol. The lowest BCUT2D eigenvalue weighted by Crippen LogP contribution is -2.42. The highest BCUT2D eigenvalue weighted by Gasteiger charge is 2.43. The molecule has 2 aliphatic heterocycles. The summed E-state index contributed by atoms with van der Waals surface area (Å²) in [6, 6.07) is 7.22. The summed E-state index contributed by atoms with van der Waals surface area (Å²) < 4.78 is 16.0. The average Bonchev–Trinajstić information content (AvgIpc) is 3.27. The number of rotatable bonds is 9. The molecule has 3 aliphatic rings. The molecule has 0 saturated carbocycles. The number of hydrogen-bond donors (Lipinski definition) is 3. The van der Waals surface area contributed by atoms with Gasteiger partial charge in [0.1, 0.15) is 24.5 Å². The van der Waals surface area contributed by atoms with E-state index >= 15 is 0 Å². The highest BCUT2D eigenvalue weighted by molar-refractivity contribution is 6.31. The number of aliphatic hydroxyl groups is 1. The lowest BCUT2D eigenvalue weighted by Gasteiger charge is -2.37. The van der Waals surface area contributed by atoms with Crippen molar-refractivity contribution in [2.24, 2.45) is 5.92 Å². The third kappa shape index (κ3) is 6.40. The Morgan fingerprint density at radius 1 is 1.24 bits per heavy atom. The molecule has 0 fully saturated rings. The number of nitrogens with zero attached hydrogens (tertiary/aromatic N) is 1. The number of nitrogens with one attached hydrogen (secondary N) is 2. The molecule has 4 unspecified atom stereocenters. The molecule has 2 heterocycles. The predicted molar refractivity (Wildman–Crippen MR) is 139 cm³/mol. The fourth-order valence-corrected chi connectivity index (χ4v) is 5.04. The number of carbonyl (C=O) groups is 2. The molecule has 0 radical (unpaired) electrons. The van der Waals surface area contributed by atoms with Gasteiger partial charge in [-0.1, -0.05) is 42.8 Å². The van der Waals surface area contributed by atoms with Crippen LogP contribution in [-0.4, -0.2) is 67.2 Å². The molecule has 37 heavy (non-hydrogen) atoms. The van der Waals surface area contributed by atoms with E-state index in [1.165, 1.54) is 5.57 Å². The van der Waals surface area contributed by atoms with Crippen LogP contribution < -0.4 is 15.4 Å². The van der Waals surface area contributed by atoms with E-state index in [1.54, 1.807) is 11.8 Å². The number of benzene rings is 1. The van der Waals surface area contributed by atoms with Crippen LogP contribution in [0.3, 0.4) is 0 Å². The quantitative estimate of drug-likeness (QED) is 0.442. The zero-order valence-electron chi connectivity index (χ0n) is 21.1. The molecule has 10 heteroatoms. The second kappa shape index (κ2) is 12.4. The Kier molecular flexibility index (Phi) is 9.00. The van der Waals surface area contributed by atoms with Crippen molar-refractivity contribution in [2.75, 3.05) is 32.9 Å².